The monoisotopic (exact) mass is 219 g/mol. The molecule has 17 heavy (non-hydrogen) atoms. The normalized spacial score (nSPS) is 10.6. The van der Waals surface area contributed by atoms with Crippen molar-refractivity contribution in [3.63, 3.8) is 0 Å². The van der Waals surface area contributed by atoms with Crippen LogP contribution in [0.25, 0.3) is 21.9 Å². The van der Waals surface area contributed by atoms with Crippen molar-refractivity contribution < 1.29 is 0 Å². The number of hydrogen-bond acceptors (Lipinski definition) is 1. The molecule has 0 unspecified atom stereocenters. The van der Waals surface area contributed by atoms with Crippen LogP contribution < -0.4 is 0 Å². The van der Waals surface area contributed by atoms with Gasteiger partial charge in [-0.25, -0.2) is 0 Å². The molecule has 3 rings (SSSR count). The Labute approximate surface area is 101 Å². The molecule has 1 heterocycles. The molecule has 0 N–H and O–H groups in total. The van der Waals surface area contributed by atoms with Crippen molar-refractivity contribution in [2.75, 3.05) is 0 Å². The van der Waals surface area contributed by atoms with E-state index in [0.29, 0.717) is 0 Å². The zero-order chi connectivity index (χ0) is 11.7. The van der Waals surface area contributed by atoms with Gasteiger partial charge >= 0.3 is 0 Å². The Morgan fingerprint density at radius 2 is 1.71 bits per heavy atom. The van der Waals surface area contributed by atoms with Crippen LogP contribution in [0.5, 0.6) is 0 Å². The van der Waals surface area contributed by atoms with Crippen LogP contribution in [0.3, 0.4) is 0 Å². The summed E-state index contributed by atoms with van der Waals surface area (Å²) >= 11 is 0. The lowest BCUT2D eigenvalue weighted by Crippen LogP contribution is -1.82. The summed E-state index contributed by atoms with van der Waals surface area (Å²) in [6.45, 7) is 2.12. The Balaban J connectivity index is 2.31. The summed E-state index contributed by atoms with van der Waals surface area (Å²) in [5.41, 5.74) is 3.78. The molecule has 1 aromatic heterocycles. The van der Waals surface area contributed by atoms with Crippen molar-refractivity contribution in [1.29, 1.82) is 0 Å². The number of nitrogens with zero attached hydrogens (tertiary/aromatic N) is 1. The van der Waals surface area contributed by atoms with Crippen molar-refractivity contribution in [3.8, 4) is 11.1 Å². The Kier molecular flexibility index (Phi) is 2.37. The van der Waals surface area contributed by atoms with E-state index >= 15 is 0 Å². The second-order valence-electron chi connectivity index (χ2n) is 4.27. The highest BCUT2D eigenvalue weighted by Gasteiger charge is 2.02. The van der Waals surface area contributed by atoms with E-state index < -0.39 is 0 Å². The minimum absolute atomic E-state index is 1.22. The summed E-state index contributed by atoms with van der Waals surface area (Å²) in [6.07, 6.45) is 3.67. The van der Waals surface area contributed by atoms with E-state index in [0.717, 1.165) is 0 Å². The number of aryl methyl sites for hydroxylation is 1. The first kappa shape index (κ1) is 10.0. The van der Waals surface area contributed by atoms with Gasteiger partial charge in [-0.05, 0) is 41.0 Å². The maximum Gasteiger partial charge on any atom is 0.0273 e. The summed E-state index contributed by atoms with van der Waals surface area (Å²) < 4.78 is 0. The molecule has 0 saturated heterocycles. The highest BCUT2D eigenvalue weighted by atomic mass is 14.6. The lowest BCUT2D eigenvalue weighted by Gasteiger charge is -2.07. The van der Waals surface area contributed by atoms with Gasteiger partial charge in [-0.1, -0.05) is 42.0 Å². The van der Waals surface area contributed by atoms with Crippen molar-refractivity contribution >= 4 is 10.8 Å². The maximum atomic E-state index is 4.07. The molecule has 3 aromatic rings. The van der Waals surface area contributed by atoms with Crippen molar-refractivity contribution in [2.24, 2.45) is 0 Å². The third-order valence-electron chi connectivity index (χ3n) is 3.03. The molecular weight excluding hydrogens is 206 g/mol. The number of rotatable bonds is 1. The SMILES string of the molecule is Cc1ccc2c(-c3ccncc3)cccc2c1. The Morgan fingerprint density at radius 1 is 0.882 bits per heavy atom. The van der Waals surface area contributed by atoms with Gasteiger partial charge in [0.1, 0.15) is 0 Å². The number of fused-ring (bicyclic) bond motifs is 1. The average molecular weight is 219 g/mol. The van der Waals surface area contributed by atoms with Crippen LogP contribution in [-0.2, 0) is 0 Å². The average Bonchev–Trinajstić information content (AvgIpc) is 2.39. The molecule has 0 atom stereocenters. The lowest BCUT2D eigenvalue weighted by atomic mass is 9.98. The summed E-state index contributed by atoms with van der Waals surface area (Å²) in [5.74, 6) is 0. The topological polar surface area (TPSA) is 12.9 Å². The first-order valence-corrected chi connectivity index (χ1v) is 5.74. The Morgan fingerprint density at radius 3 is 2.53 bits per heavy atom. The summed E-state index contributed by atoms with van der Waals surface area (Å²) in [5, 5.41) is 2.59. The van der Waals surface area contributed by atoms with Gasteiger partial charge in [0.25, 0.3) is 0 Å². The zero-order valence-electron chi connectivity index (χ0n) is 9.72. The van der Waals surface area contributed by atoms with Gasteiger partial charge in [0.15, 0.2) is 0 Å². The minimum atomic E-state index is 1.22. The van der Waals surface area contributed by atoms with Crippen molar-refractivity contribution in [1.82, 2.24) is 4.98 Å². The molecule has 0 aliphatic rings. The van der Waals surface area contributed by atoms with Gasteiger partial charge in [0, 0.05) is 12.4 Å². The number of hydrogen-bond donors (Lipinski definition) is 0. The van der Waals surface area contributed by atoms with E-state index in [4.69, 9.17) is 0 Å². The predicted molar refractivity (Wildman–Crippen MR) is 71.9 cm³/mol. The second-order valence-corrected chi connectivity index (χ2v) is 4.27. The van der Waals surface area contributed by atoms with E-state index in [9.17, 15) is 0 Å². The standard InChI is InChI=1S/C16H13N/c1-12-5-6-16-14(11-12)3-2-4-15(16)13-7-9-17-10-8-13/h2-11H,1H3. The molecule has 0 saturated carbocycles. The summed E-state index contributed by atoms with van der Waals surface area (Å²) in [4.78, 5) is 4.07. The highest BCUT2D eigenvalue weighted by Crippen LogP contribution is 2.28. The predicted octanol–water partition coefficient (Wildman–Crippen LogP) is 4.21. The first-order valence-electron chi connectivity index (χ1n) is 5.74. The molecular formula is C16H13N. The van der Waals surface area contributed by atoms with Crippen molar-refractivity contribution in [3.05, 3.63) is 66.5 Å². The second kappa shape index (κ2) is 4.02. The van der Waals surface area contributed by atoms with Gasteiger partial charge in [-0.15, -0.1) is 0 Å². The van der Waals surface area contributed by atoms with Crippen LogP contribution in [0.2, 0.25) is 0 Å². The summed E-state index contributed by atoms with van der Waals surface area (Å²) in [7, 11) is 0. The van der Waals surface area contributed by atoms with E-state index in [-0.39, 0.29) is 0 Å². The van der Waals surface area contributed by atoms with Crippen LogP contribution in [0.4, 0.5) is 0 Å². The number of aromatic nitrogens is 1. The molecule has 82 valence electrons. The molecule has 1 heteroatoms. The smallest absolute Gasteiger partial charge is 0.0273 e. The Bertz CT molecular complexity index is 657. The van der Waals surface area contributed by atoms with Gasteiger partial charge in [0.05, 0.1) is 0 Å². The quantitative estimate of drug-likeness (QED) is 0.597. The fraction of sp³-hybridized carbons (Fsp3) is 0.0625. The molecule has 0 bridgehead atoms. The molecule has 0 spiro atoms. The number of benzene rings is 2. The van der Waals surface area contributed by atoms with Crippen LogP contribution in [0.15, 0.2) is 60.9 Å². The fourth-order valence-electron chi connectivity index (χ4n) is 2.19. The highest BCUT2D eigenvalue weighted by molar-refractivity contribution is 5.96. The lowest BCUT2D eigenvalue weighted by molar-refractivity contribution is 1.33. The molecule has 0 aliphatic heterocycles. The molecule has 0 fully saturated rings. The minimum Gasteiger partial charge on any atom is -0.265 e. The molecule has 2 aromatic carbocycles. The third-order valence-corrected chi connectivity index (χ3v) is 3.03. The zero-order valence-corrected chi connectivity index (χ0v) is 9.72. The van der Waals surface area contributed by atoms with Gasteiger partial charge in [0.2, 0.25) is 0 Å². The van der Waals surface area contributed by atoms with Crippen LogP contribution >= 0.6 is 0 Å². The maximum absolute atomic E-state index is 4.07. The molecule has 1 nitrogen and oxygen atoms in total. The van der Waals surface area contributed by atoms with Crippen molar-refractivity contribution in [2.45, 2.75) is 6.92 Å². The fourth-order valence-corrected chi connectivity index (χ4v) is 2.19. The molecule has 0 amide bonds. The largest absolute Gasteiger partial charge is 0.265 e. The van der Waals surface area contributed by atoms with Gasteiger partial charge < -0.3 is 0 Å². The van der Waals surface area contributed by atoms with Crippen LogP contribution in [-0.4, -0.2) is 4.98 Å². The first-order chi connectivity index (χ1) is 8.34. The molecule has 0 aliphatic carbocycles. The van der Waals surface area contributed by atoms with Crippen LogP contribution in [0, 0.1) is 6.92 Å². The summed E-state index contributed by atoms with van der Waals surface area (Å²) in [6, 6.07) is 17.1. The van der Waals surface area contributed by atoms with E-state index in [2.05, 4.69) is 60.4 Å². The van der Waals surface area contributed by atoms with Crippen LogP contribution in [0.1, 0.15) is 5.56 Å². The van der Waals surface area contributed by atoms with E-state index in [1.807, 2.05) is 12.4 Å². The third kappa shape index (κ3) is 1.80. The van der Waals surface area contributed by atoms with Gasteiger partial charge in [-0.3, -0.25) is 4.98 Å². The Hall–Kier alpha value is -2.15. The van der Waals surface area contributed by atoms with E-state index in [1.165, 1.54) is 27.5 Å². The van der Waals surface area contributed by atoms with E-state index in [1.54, 1.807) is 0 Å². The van der Waals surface area contributed by atoms with Gasteiger partial charge in [-0.2, -0.15) is 0 Å². The number of pyridine rings is 1. The molecule has 0 radical (unpaired) electrons.